The van der Waals surface area contributed by atoms with Gasteiger partial charge in [0.15, 0.2) is 11.5 Å². The lowest BCUT2D eigenvalue weighted by atomic mass is 10.2. The van der Waals surface area contributed by atoms with Crippen LogP contribution in [0.1, 0.15) is 18.9 Å². The summed E-state index contributed by atoms with van der Waals surface area (Å²) >= 11 is 0. The third-order valence-electron chi connectivity index (χ3n) is 5.65. The first-order valence-electron chi connectivity index (χ1n) is 11.1. The summed E-state index contributed by atoms with van der Waals surface area (Å²) in [5, 5.41) is 0.561. The lowest BCUT2D eigenvalue weighted by Gasteiger charge is -2.33. The fourth-order valence-corrected chi connectivity index (χ4v) is 5.40. The highest BCUT2D eigenvalue weighted by atomic mass is 32.2. The predicted octanol–water partition coefficient (Wildman–Crippen LogP) is 2.91. The van der Waals surface area contributed by atoms with Crippen molar-refractivity contribution in [1.82, 2.24) is 19.2 Å². The molecule has 10 heteroatoms. The molecule has 180 valence electrons. The number of amides is 1. The van der Waals surface area contributed by atoms with Crippen molar-refractivity contribution in [2.75, 3.05) is 39.9 Å². The Hall–Kier alpha value is -3.37. The summed E-state index contributed by atoms with van der Waals surface area (Å²) in [6.45, 7) is 3.72. The average molecular weight is 485 g/mol. The third kappa shape index (κ3) is 4.92. The average Bonchev–Trinajstić information content (AvgIpc) is 3.31. The molecule has 0 spiro atoms. The number of hydrogen-bond acceptors (Lipinski definition) is 6. The van der Waals surface area contributed by atoms with Crippen molar-refractivity contribution >= 4 is 33.0 Å². The maximum absolute atomic E-state index is 13.1. The number of H-pyrrole nitrogens is 1. The summed E-state index contributed by atoms with van der Waals surface area (Å²) < 4.78 is 38.7. The summed E-state index contributed by atoms with van der Waals surface area (Å²) in [5.41, 5.74) is 1.34. The normalized spacial score (nSPS) is 15.2. The number of ether oxygens (including phenoxy) is 2. The summed E-state index contributed by atoms with van der Waals surface area (Å²) in [7, 11) is -2.11. The van der Waals surface area contributed by atoms with E-state index in [1.807, 2.05) is 25.1 Å². The Morgan fingerprint density at radius 1 is 1.18 bits per heavy atom. The number of hydrogen-bond donors (Lipinski definition) is 1. The lowest BCUT2D eigenvalue weighted by molar-refractivity contribution is -0.127. The Labute approximate surface area is 199 Å². The smallest absolute Gasteiger partial charge is 0.246 e. The van der Waals surface area contributed by atoms with Gasteiger partial charge in [-0.25, -0.2) is 13.4 Å². The first-order valence-corrected chi connectivity index (χ1v) is 12.6. The topological polar surface area (TPSA) is 105 Å². The zero-order chi connectivity index (χ0) is 24.1. The Bertz CT molecular complexity index is 1290. The molecule has 1 aliphatic rings. The van der Waals surface area contributed by atoms with E-state index < -0.39 is 10.0 Å². The quantitative estimate of drug-likeness (QED) is 0.493. The van der Waals surface area contributed by atoms with Gasteiger partial charge in [0.05, 0.1) is 13.7 Å². The minimum atomic E-state index is -3.69. The van der Waals surface area contributed by atoms with E-state index in [0.717, 1.165) is 12.0 Å². The molecule has 4 rings (SSSR count). The van der Waals surface area contributed by atoms with E-state index in [0.29, 0.717) is 42.2 Å². The number of rotatable bonds is 8. The van der Waals surface area contributed by atoms with Crippen molar-refractivity contribution < 1.29 is 22.7 Å². The molecule has 2 aromatic heterocycles. The fourth-order valence-electron chi connectivity index (χ4n) is 3.82. The standard InChI is InChI=1S/C24H28N4O5S/c1-3-15-33-20-8-6-18(16-21(20)32-2)7-9-23(29)27-11-13-28(14-12-27)34(30,31)22-17-26-24-19(22)5-4-10-25-24/h4-10,16-17H,3,11-15H2,1-2H3,(H,25,26)/b9-7+. The monoisotopic (exact) mass is 484 g/mol. The second-order valence-electron chi connectivity index (χ2n) is 7.87. The van der Waals surface area contributed by atoms with Crippen molar-refractivity contribution in [1.29, 1.82) is 0 Å². The van der Waals surface area contributed by atoms with Crippen LogP contribution >= 0.6 is 0 Å². The number of carbonyl (C=O) groups excluding carboxylic acids is 1. The number of piperazine rings is 1. The number of benzene rings is 1. The minimum absolute atomic E-state index is 0.168. The van der Waals surface area contributed by atoms with Gasteiger partial charge in [0.1, 0.15) is 10.5 Å². The molecule has 3 aromatic rings. The molecule has 0 radical (unpaired) electrons. The molecular formula is C24H28N4O5S. The number of sulfonamides is 1. The number of nitrogens with zero attached hydrogens (tertiary/aromatic N) is 3. The molecule has 3 heterocycles. The van der Waals surface area contributed by atoms with Crippen LogP contribution in [0.2, 0.25) is 0 Å². The van der Waals surface area contributed by atoms with Gasteiger partial charge in [0, 0.05) is 50.0 Å². The largest absolute Gasteiger partial charge is 0.493 e. The Morgan fingerprint density at radius 3 is 2.71 bits per heavy atom. The molecule has 0 saturated carbocycles. The van der Waals surface area contributed by atoms with Crippen LogP contribution in [0, 0.1) is 0 Å². The van der Waals surface area contributed by atoms with E-state index in [1.165, 1.54) is 16.6 Å². The van der Waals surface area contributed by atoms with Crippen LogP contribution in [0.15, 0.2) is 53.7 Å². The van der Waals surface area contributed by atoms with Gasteiger partial charge in [-0.3, -0.25) is 4.79 Å². The van der Waals surface area contributed by atoms with Crippen LogP contribution in [0.3, 0.4) is 0 Å². The summed E-state index contributed by atoms with van der Waals surface area (Å²) in [6.07, 6.45) is 7.19. The molecule has 1 amide bonds. The maximum Gasteiger partial charge on any atom is 0.246 e. The van der Waals surface area contributed by atoms with Gasteiger partial charge >= 0.3 is 0 Å². The number of methoxy groups -OCH3 is 1. The molecule has 1 saturated heterocycles. The molecular weight excluding hydrogens is 456 g/mol. The van der Waals surface area contributed by atoms with Crippen LogP contribution in [-0.2, 0) is 14.8 Å². The zero-order valence-corrected chi connectivity index (χ0v) is 20.0. The van der Waals surface area contributed by atoms with E-state index in [-0.39, 0.29) is 23.9 Å². The molecule has 0 bridgehead atoms. The number of pyridine rings is 1. The van der Waals surface area contributed by atoms with Crippen molar-refractivity contribution in [2.45, 2.75) is 18.2 Å². The van der Waals surface area contributed by atoms with Crippen LogP contribution < -0.4 is 9.47 Å². The number of carbonyl (C=O) groups is 1. The van der Waals surface area contributed by atoms with E-state index >= 15 is 0 Å². The van der Waals surface area contributed by atoms with Gasteiger partial charge in [-0.15, -0.1) is 0 Å². The summed E-state index contributed by atoms with van der Waals surface area (Å²) in [5.74, 6) is 1.10. The minimum Gasteiger partial charge on any atom is -0.493 e. The first-order chi connectivity index (χ1) is 16.4. The van der Waals surface area contributed by atoms with Crippen LogP contribution in [0.4, 0.5) is 0 Å². The Kier molecular flexibility index (Phi) is 7.18. The molecule has 34 heavy (non-hydrogen) atoms. The molecule has 1 fully saturated rings. The van der Waals surface area contributed by atoms with Crippen molar-refractivity contribution in [3.63, 3.8) is 0 Å². The molecule has 1 N–H and O–H groups in total. The van der Waals surface area contributed by atoms with Gasteiger partial charge < -0.3 is 19.4 Å². The lowest BCUT2D eigenvalue weighted by Crippen LogP contribution is -2.50. The van der Waals surface area contributed by atoms with E-state index in [1.54, 1.807) is 36.4 Å². The van der Waals surface area contributed by atoms with Gasteiger partial charge in [0.25, 0.3) is 0 Å². The predicted molar refractivity (Wildman–Crippen MR) is 129 cm³/mol. The van der Waals surface area contributed by atoms with Crippen LogP contribution in [0.25, 0.3) is 17.1 Å². The van der Waals surface area contributed by atoms with Gasteiger partial charge in [-0.2, -0.15) is 4.31 Å². The Morgan fingerprint density at radius 2 is 1.97 bits per heavy atom. The zero-order valence-electron chi connectivity index (χ0n) is 19.2. The van der Waals surface area contributed by atoms with Gasteiger partial charge in [-0.1, -0.05) is 13.0 Å². The fraction of sp³-hybridized carbons (Fsp3) is 0.333. The number of nitrogens with one attached hydrogen (secondary N) is 1. The number of aromatic nitrogens is 2. The number of fused-ring (bicyclic) bond motifs is 1. The summed E-state index contributed by atoms with van der Waals surface area (Å²) in [4.78, 5) is 21.6. The second kappa shape index (κ2) is 10.3. The van der Waals surface area contributed by atoms with Gasteiger partial charge in [-0.05, 0) is 42.3 Å². The van der Waals surface area contributed by atoms with Crippen molar-refractivity contribution in [3.8, 4) is 11.5 Å². The molecule has 1 aliphatic heterocycles. The molecule has 0 unspecified atom stereocenters. The molecule has 0 atom stereocenters. The van der Waals surface area contributed by atoms with Gasteiger partial charge in [0.2, 0.25) is 15.9 Å². The SMILES string of the molecule is CCCOc1ccc(/C=C/C(=O)N2CCN(S(=O)(=O)c3c[nH]c4ncccc34)CC2)cc1OC. The highest BCUT2D eigenvalue weighted by Gasteiger charge is 2.31. The maximum atomic E-state index is 13.1. The molecule has 9 nitrogen and oxygen atoms in total. The van der Waals surface area contributed by atoms with Crippen LogP contribution in [0.5, 0.6) is 11.5 Å². The second-order valence-corrected chi connectivity index (χ2v) is 9.78. The van der Waals surface area contributed by atoms with Crippen LogP contribution in [-0.4, -0.2) is 73.4 Å². The number of aromatic amines is 1. The van der Waals surface area contributed by atoms with E-state index in [4.69, 9.17) is 9.47 Å². The van der Waals surface area contributed by atoms with E-state index in [2.05, 4.69) is 9.97 Å². The Balaban J connectivity index is 1.38. The van der Waals surface area contributed by atoms with Crippen molar-refractivity contribution in [2.24, 2.45) is 0 Å². The molecule has 1 aromatic carbocycles. The molecule has 0 aliphatic carbocycles. The highest BCUT2D eigenvalue weighted by Crippen LogP contribution is 2.29. The first kappa shape index (κ1) is 23.8. The summed E-state index contributed by atoms with van der Waals surface area (Å²) in [6, 6.07) is 8.93. The van der Waals surface area contributed by atoms with E-state index in [9.17, 15) is 13.2 Å². The van der Waals surface area contributed by atoms with Crippen molar-refractivity contribution in [3.05, 3.63) is 54.4 Å². The highest BCUT2D eigenvalue weighted by molar-refractivity contribution is 7.89. The third-order valence-corrected chi connectivity index (χ3v) is 7.59.